The highest BCUT2D eigenvalue weighted by molar-refractivity contribution is 5.69. The van der Waals surface area contributed by atoms with Crippen molar-refractivity contribution in [2.75, 3.05) is 6.61 Å². The number of unbranched alkanes of at least 4 members (excludes halogenated alkanes) is 1. The van der Waals surface area contributed by atoms with Gasteiger partial charge in [0.1, 0.15) is 0 Å². The molecular weight excluding hydrogens is 130 g/mol. The quantitative estimate of drug-likeness (QED) is 0.437. The maximum absolute atomic E-state index is 10.6. The predicted octanol–water partition coefficient (Wildman–Crippen LogP) is 1.24. The molecule has 0 aliphatic heterocycles. The normalized spacial score (nSPS) is 8.40. The van der Waals surface area contributed by atoms with Gasteiger partial charge in [0.25, 0.3) is 0 Å². The Morgan fingerprint density at radius 2 is 2.40 bits per heavy atom. The van der Waals surface area contributed by atoms with Crippen molar-refractivity contribution in [2.45, 2.75) is 26.2 Å². The fourth-order valence-electron chi connectivity index (χ4n) is 0.545. The summed E-state index contributed by atoms with van der Waals surface area (Å²) < 4.78 is 4.64. The topological polar surface area (TPSA) is 50.1 Å². The molecule has 0 atom stereocenters. The van der Waals surface area contributed by atoms with Gasteiger partial charge in [-0.3, -0.25) is 4.79 Å². The average Bonchev–Trinajstić information content (AvgIpc) is 1.89. The molecule has 0 aliphatic carbocycles. The molecule has 0 rings (SSSR count). The summed E-state index contributed by atoms with van der Waals surface area (Å²) in [6.45, 7) is 2.19. The third-order valence-corrected chi connectivity index (χ3v) is 0.975. The largest absolute Gasteiger partial charge is 0.466 e. The molecule has 0 radical (unpaired) electrons. The molecule has 3 heteroatoms. The van der Waals surface area contributed by atoms with Gasteiger partial charge in [0, 0.05) is 12.8 Å². The first-order valence-electron chi connectivity index (χ1n) is 3.33. The van der Waals surface area contributed by atoms with E-state index >= 15 is 0 Å². The molecule has 10 heavy (non-hydrogen) atoms. The molecule has 0 aromatic carbocycles. The number of hydrogen-bond donors (Lipinski definition) is 0. The molecule has 0 aliphatic rings. The smallest absolute Gasteiger partial charge is 0.305 e. The van der Waals surface area contributed by atoms with Gasteiger partial charge >= 0.3 is 5.97 Å². The van der Waals surface area contributed by atoms with E-state index < -0.39 is 0 Å². The number of hydrogen-bond acceptors (Lipinski definition) is 3. The van der Waals surface area contributed by atoms with Crippen molar-refractivity contribution in [3.63, 3.8) is 0 Å². The van der Waals surface area contributed by atoms with Crippen molar-refractivity contribution < 1.29 is 9.53 Å². The van der Waals surface area contributed by atoms with Crippen LogP contribution in [0.1, 0.15) is 26.2 Å². The van der Waals surface area contributed by atoms with Gasteiger partial charge in [-0.05, 0) is 13.3 Å². The monoisotopic (exact) mass is 141 g/mol. The molecule has 3 nitrogen and oxygen atoms in total. The van der Waals surface area contributed by atoms with Crippen molar-refractivity contribution >= 4 is 5.97 Å². The zero-order chi connectivity index (χ0) is 7.82. The maximum Gasteiger partial charge on any atom is 0.305 e. The molecule has 0 N–H and O–H groups in total. The van der Waals surface area contributed by atoms with E-state index in [1.54, 1.807) is 6.92 Å². The van der Waals surface area contributed by atoms with E-state index in [-0.39, 0.29) is 5.97 Å². The van der Waals surface area contributed by atoms with Crippen LogP contribution in [0.5, 0.6) is 0 Å². The van der Waals surface area contributed by atoms with Crippen LogP contribution in [0.3, 0.4) is 0 Å². The Morgan fingerprint density at radius 3 is 2.90 bits per heavy atom. The van der Waals surface area contributed by atoms with Gasteiger partial charge in [-0.25, -0.2) is 0 Å². The number of carbonyl (C=O) groups excluding carboxylic acids is 1. The van der Waals surface area contributed by atoms with E-state index in [4.69, 9.17) is 5.26 Å². The lowest BCUT2D eigenvalue weighted by molar-refractivity contribution is -0.143. The van der Waals surface area contributed by atoms with Crippen LogP contribution in [0.15, 0.2) is 0 Å². The second-order valence-corrected chi connectivity index (χ2v) is 1.82. The number of esters is 1. The van der Waals surface area contributed by atoms with Gasteiger partial charge in [0.05, 0.1) is 12.7 Å². The standard InChI is InChI=1S/C7H11NO2/c1-2-10-7(9)5-3-4-6-8/h2-5H2,1H3. The lowest BCUT2D eigenvalue weighted by Crippen LogP contribution is -2.02. The van der Waals surface area contributed by atoms with E-state index in [9.17, 15) is 4.79 Å². The lowest BCUT2D eigenvalue weighted by atomic mass is 10.2. The highest BCUT2D eigenvalue weighted by Crippen LogP contribution is 1.95. The molecule has 56 valence electrons. The van der Waals surface area contributed by atoms with Gasteiger partial charge in [0.15, 0.2) is 0 Å². The van der Waals surface area contributed by atoms with Crippen molar-refractivity contribution in [1.29, 1.82) is 5.26 Å². The Balaban J connectivity index is 3.15. The maximum atomic E-state index is 10.6. The number of ether oxygens (including phenoxy) is 1. The second-order valence-electron chi connectivity index (χ2n) is 1.82. The van der Waals surface area contributed by atoms with E-state index in [0.717, 1.165) is 0 Å². The third-order valence-electron chi connectivity index (χ3n) is 0.975. The Kier molecular flexibility index (Phi) is 5.45. The Morgan fingerprint density at radius 1 is 1.70 bits per heavy atom. The number of nitriles is 1. The predicted molar refractivity (Wildman–Crippen MR) is 36.1 cm³/mol. The number of carbonyl (C=O) groups is 1. The molecule has 0 aromatic rings. The van der Waals surface area contributed by atoms with Crippen LogP contribution in [-0.2, 0) is 9.53 Å². The van der Waals surface area contributed by atoms with Crippen LogP contribution in [0.2, 0.25) is 0 Å². The highest BCUT2D eigenvalue weighted by atomic mass is 16.5. The zero-order valence-electron chi connectivity index (χ0n) is 6.09. The van der Waals surface area contributed by atoms with Gasteiger partial charge in [-0.2, -0.15) is 5.26 Å². The third kappa shape index (κ3) is 5.10. The van der Waals surface area contributed by atoms with Crippen LogP contribution in [0.4, 0.5) is 0 Å². The van der Waals surface area contributed by atoms with Crippen LogP contribution >= 0.6 is 0 Å². The summed E-state index contributed by atoms with van der Waals surface area (Å²) in [6, 6.07) is 1.96. The van der Waals surface area contributed by atoms with Gasteiger partial charge in [-0.1, -0.05) is 0 Å². The molecule has 0 fully saturated rings. The summed E-state index contributed by atoms with van der Waals surface area (Å²) in [4.78, 5) is 10.6. The molecule has 0 spiro atoms. The Bertz CT molecular complexity index is 137. The molecule has 0 saturated heterocycles. The van der Waals surface area contributed by atoms with Crippen molar-refractivity contribution in [2.24, 2.45) is 0 Å². The zero-order valence-corrected chi connectivity index (χ0v) is 6.09. The van der Waals surface area contributed by atoms with Crippen LogP contribution in [0.25, 0.3) is 0 Å². The summed E-state index contributed by atoms with van der Waals surface area (Å²) in [6.07, 6.45) is 1.40. The molecule has 0 aromatic heterocycles. The Hall–Kier alpha value is -1.04. The summed E-state index contributed by atoms with van der Waals surface area (Å²) in [5.41, 5.74) is 0. The lowest BCUT2D eigenvalue weighted by Gasteiger charge is -1.97. The first-order valence-corrected chi connectivity index (χ1v) is 3.33. The molecule has 0 amide bonds. The number of nitrogens with zero attached hydrogens (tertiary/aromatic N) is 1. The fourth-order valence-corrected chi connectivity index (χ4v) is 0.545. The molecule has 0 heterocycles. The number of rotatable bonds is 4. The van der Waals surface area contributed by atoms with Crippen molar-refractivity contribution in [3.05, 3.63) is 0 Å². The molecular formula is C7H11NO2. The Labute approximate surface area is 60.6 Å². The summed E-state index contributed by atoms with van der Waals surface area (Å²) in [5.74, 6) is -0.210. The minimum atomic E-state index is -0.210. The van der Waals surface area contributed by atoms with Gasteiger partial charge in [-0.15, -0.1) is 0 Å². The van der Waals surface area contributed by atoms with E-state index in [1.807, 2.05) is 6.07 Å². The van der Waals surface area contributed by atoms with Crippen molar-refractivity contribution in [3.8, 4) is 6.07 Å². The average molecular weight is 141 g/mol. The van der Waals surface area contributed by atoms with Gasteiger partial charge in [0.2, 0.25) is 0 Å². The molecule has 0 saturated carbocycles. The van der Waals surface area contributed by atoms with Gasteiger partial charge < -0.3 is 4.74 Å². The van der Waals surface area contributed by atoms with E-state index in [2.05, 4.69) is 4.74 Å². The van der Waals surface area contributed by atoms with Crippen LogP contribution < -0.4 is 0 Å². The fraction of sp³-hybridized carbons (Fsp3) is 0.714. The van der Waals surface area contributed by atoms with Crippen molar-refractivity contribution in [1.82, 2.24) is 0 Å². The first kappa shape index (κ1) is 8.96. The van der Waals surface area contributed by atoms with Crippen LogP contribution in [-0.4, -0.2) is 12.6 Å². The minimum absolute atomic E-state index is 0.210. The summed E-state index contributed by atoms with van der Waals surface area (Å²) in [7, 11) is 0. The second kappa shape index (κ2) is 6.09. The van der Waals surface area contributed by atoms with E-state index in [0.29, 0.717) is 25.9 Å². The summed E-state index contributed by atoms with van der Waals surface area (Å²) in [5, 5.41) is 8.11. The first-order chi connectivity index (χ1) is 4.81. The SMILES string of the molecule is CCOC(=O)CCCC#N. The minimum Gasteiger partial charge on any atom is -0.466 e. The highest BCUT2D eigenvalue weighted by Gasteiger charge is 1.98. The molecule has 0 unspecified atom stereocenters. The summed E-state index contributed by atoms with van der Waals surface area (Å²) >= 11 is 0. The molecule has 0 bridgehead atoms. The van der Waals surface area contributed by atoms with E-state index in [1.165, 1.54) is 0 Å². The van der Waals surface area contributed by atoms with Crippen LogP contribution in [0, 0.1) is 11.3 Å².